The molecule has 0 radical (unpaired) electrons. The van der Waals surface area contributed by atoms with Crippen molar-refractivity contribution in [3.63, 3.8) is 0 Å². The largest absolute Gasteiger partial charge is 0.352 e. The summed E-state index contributed by atoms with van der Waals surface area (Å²) in [5.74, 6) is 1.20. The molecule has 0 aromatic carbocycles. The molecule has 3 atom stereocenters. The van der Waals surface area contributed by atoms with Gasteiger partial charge in [0, 0.05) is 19.0 Å². The summed E-state index contributed by atoms with van der Waals surface area (Å²) >= 11 is 0. The Balaban J connectivity index is 1.47. The minimum Gasteiger partial charge on any atom is -0.352 e. The molecule has 4 bridgehead atoms. The second-order valence-electron chi connectivity index (χ2n) is 9.56. The summed E-state index contributed by atoms with van der Waals surface area (Å²) in [4.78, 5) is 12.6. The van der Waals surface area contributed by atoms with Crippen LogP contribution in [0, 0.1) is 22.2 Å². The summed E-state index contributed by atoms with van der Waals surface area (Å²) in [7, 11) is 0. The third-order valence-corrected chi connectivity index (χ3v) is 6.70. The zero-order chi connectivity index (χ0) is 14.7. The summed E-state index contributed by atoms with van der Waals surface area (Å²) < 4.78 is 0. The summed E-state index contributed by atoms with van der Waals surface area (Å²) in [6.45, 7) is 6.98. The topological polar surface area (TPSA) is 41.1 Å². The van der Waals surface area contributed by atoms with Crippen LogP contribution >= 0.6 is 0 Å². The number of amides is 1. The minimum atomic E-state index is 0.317. The zero-order valence-corrected chi connectivity index (χ0v) is 13.6. The third kappa shape index (κ3) is 2.52. The van der Waals surface area contributed by atoms with Crippen molar-refractivity contribution in [2.45, 2.75) is 71.3 Å². The highest BCUT2D eigenvalue weighted by Gasteiger charge is 2.60. The molecule has 4 saturated carbocycles. The first kappa shape index (κ1) is 14.0. The van der Waals surface area contributed by atoms with Gasteiger partial charge in [-0.3, -0.25) is 4.79 Å². The van der Waals surface area contributed by atoms with Crippen LogP contribution in [0.5, 0.6) is 0 Å². The Morgan fingerprint density at radius 1 is 1.14 bits per heavy atom. The highest BCUT2D eigenvalue weighted by Crippen LogP contribution is 2.70. The SMILES string of the molecule is CC12CC3CC(C)(C1)CC(CC(=O)N[C@H]1CCNC1)(C3)C2. The van der Waals surface area contributed by atoms with E-state index in [4.69, 9.17) is 0 Å². The van der Waals surface area contributed by atoms with Crippen LogP contribution in [0.25, 0.3) is 0 Å². The summed E-state index contributed by atoms with van der Waals surface area (Å²) in [5.41, 5.74) is 1.35. The van der Waals surface area contributed by atoms with Gasteiger partial charge in [0.2, 0.25) is 5.91 Å². The summed E-state index contributed by atoms with van der Waals surface area (Å²) in [6.07, 6.45) is 10.0. The van der Waals surface area contributed by atoms with Crippen LogP contribution in [0.1, 0.15) is 65.2 Å². The molecule has 0 aromatic heterocycles. The molecule has 2 N–H and O–H groups in total. The first-order valence-electron chi connectivity index (χ1n) is 8.88. The van der Waals surface area contributed by atoms with Crippen molar-refractivity contribution >= 4 is 5.91 Å². The predicted octanol–water partition coefficient (Wildman–Crippen LogP) is 2.85. The Kier molecular flexibility index (Phi) is 2.99. The number of carbonyl (C=O) groups is 1. The zero-order valence-electron chi connectivity index (χ0n) is 13.6. The highest BCUT2D eigenvalue weighted by atomic mass is 16.1. The molecule has 5 aliphatic rings. The Bertz CT molecular complexity index is 436. The van der Waals surface area contributed by atoms with Gasteiger partial charge in [-0.05, 0) is 73.7 Å². The molecule has 1 saturated heterocycles. The first-order valence-corrected chi connectivity index (χ1v) is 8.88. The van der Waals surface area contributed by atoms with Gasteiger partial charge in [0.05, 0.1) is 0 Å². The Labute approximate surface area is 128 Å². The minimum absolute atomic E-state index is 0.317. The van der Waals surface area contributed by atoms with E-state index in [1.165, 1.54) is 38.5 Å². The van der Waals surface area contributed by atoms with E-state index in [9.17, 15) is 4.79 Å². The molecule has 1 heterocycles. The van der Waals surface area contributed by atoms with Gasteiger partial charge in [0.25, 0.3) is 0 Å². The van der Waals surface area contributed by atoms with Crippen molar-refractivity contribution in [3.05, 3.63) is 0 Å². The van der Waals surface area contributed by atoms with Gasteiger partial charge in [0.1, 0.15) is 0 Å². The molecule has 4 aliphatic carbocycles. The maximum Gasteiger partial charge on any atom is 0.220 e. The molecule has 3 nitrogen and oxygen atoms in total. The molecule has 0 spiro atoms. The third-order valence-electron chi connectivity index (χ3n) is 6.70. The molecule has 3 heteroatoms. The van der Waals surface area contributed by atoms with Crippen LogP contribution in [0.2, 0.25) is 0 Å². The van der Waals surface area contributed by atoms with Crippen LogP contribution in [0.4, 0.5) is 0 Å². The Morgan fingerprint density at radius 3 is 2.43 bits per heavy atom. The van der Waals surface area contributed by atoms with Crippen molar-refractivity contribution in [3.8, 4) is 0 Å². The van der Waals surface area contributed by atoms with E-state index in [1.54, 1.807) is 0 Å². The molecule has 21 heavy (non-hydrogen) atoms. The maximum atomic E-state index is 12.6. The number of hydrogen-bond donors (Lipinski definition) is 2. The van der Waals surface area contributed by atoms with Crippen molar-refractivity contribution in [2.24, 2.45) is 22.2 Å². The molecule has 5 fully saturated rings. The van der Waals surface area contributed by atoms with Crippen LogP contribution in [0.15, 0.2) is 0 Å². The molecule has 0 aromatic rings. The van der Waals surface area contributed by atoms with Gasteiger partial charge in [-0.2, -0.15) is 0 Å². The lowest BCUT2D eigenvalue weighted by atomic mass is 9.40. The van der Waals surface area contributed by atoms with Gasteiger partial charge in [-0.25, -0.2) is 0 Å². The number of rotatable bonds is 3. The van der Waals surface area contributed by atoms with Crippen molar-refractivity contribution in [1.29, 1.82) is 0 Å². The molecular formula is C18H30N2O. The fourth-order valence-electron chi connectivity index (χ4n) is 7.28. The number of nitrogens with one attached hydrogen (secondary N) is 2. The van der Waals surface area contributed by atoms with Gasteiger partial charge in [0.15, 0.2) is 0 Å². The van der Waals surface area contributed by atoms with Gasteiger partial charge < -0.3 is 10.6 Å². The van der Waals surface area contributed by atoms with Crippen LogP contribution in [-0.2, 0) is 4.79 Å². The van der Waals surface area contributed by atoms with Crippen molar-refractivity contribution < 1.29 is 4.79 Å². The Hall–Kier alpha value is -0.570. The van der Waals surface area contributed by atoms with E-state index in [2.05, 4.69) is 24.5 Å². The molecule has 2 unspecified atom stereocenters. The predicted molar refractivity (Wildman–Crippen MR) is 83.9 cm³/mol. The van der Waals surface area contributed by atoms with E-state index < -0.39 is 0 Å². The lowest BCUT2D eigenvalue weighted by Crippen LogP contribution is -2.56. The van der Waals surface area contributed by atoms with Gasteiger partial charge in [-0.1, -0.05) is 13.8 Å². The van der Waals surface area contributed by atoms with Crippen LogP contribution in [0.3, 0.4) is 0 Å². The second kappa shape index (κ2) is 4.47. The Morgan fingerprint density at radius 2 is 1.86 bits per heavy atom. The maximum absolute atomic E-state index is 12.6. The first-order chi connectivity index (χ1) is 9.88. The lowest BCUT2D eigenvalue weighted by Gasteiger charge is -2.65. The quantitative estimate of drug-likeness (QED) is 0.839. The van der Waals surface area contributed by atoms with E-state index in [0.29, 0.717) is 28.2 Å². The molecule has 118 valence electrons. The fraction of sp³-hybridized carbons (Fsp3) is 0.944. The van der Waals surface area contributed by atoms with E-state index >= 15 is 0 Å². The van der Waals surface area contributed by atoms with Crippen molar-refractivity contribution in [2.75, 3.05) is 13.1 Å². The number of hydrogen-bond acceptors (Lipinski definition) is 2. The summed E-state index contributed by atoms with van der Waals surface area (Å²) in [5, 5.41) is 6.61. The molecule has 5 rings (SSSR count). The monoisotopic (exact) mass is 290 g/mol. The smallest absolute Gasteiger partial charge is 0.220 e. The van der Waals surface area contributed by atoms with Gasteiger partial charge >= 0.3 is 0 Å². The normalized spacial score (nSPS) is 51.3. The highest BCUT2D eigenvalue weighted by molar-refractivity contribution is 5.77. The standard InChI is InChI=1S/C18H30N2O/c1-16-5-13-6-17(2,10-16)12-18(7-13,11-16)8-15(21)20-14-3-4-19-9-14/h13-14,19H,3-12H2,1-2H3,(H,20,21)/t13?,14-,16?,17?,18?/m0/s1. The average Bonchev–Trinajstić information content (AvgIpc) is 2.74. The second-order valence-corrected chi connectivity index (χ2v) is 9.56. The van der Waals surface area contributed by atoms with Crippen LogP contribution < -0.4 is 10.6 Å². The van der Waals surface area contributed by atoms with Crippen LogP contribution in [-0.4, -0.2) is 25.0 Å². The van der Waals surface area contributed by atoms with E-state index in [1.807, 2.05) is 0 Å². The van der Waals surface area contributed by atoms with E-state index in [-0.39, 0.29) is 0 Å². The van der Waals surface area contributed by atoms with Gasteiger partial charge in [-0.15, -0.1) is 0 Å². The fourth-order valence-corrected chi connectivity index (χ4v) is 7.28. The molecule has 1 amide bonds. The summed E-state index contributed by atoms with van der Waals surface area (Å²) in [6, 6.07) is 0.373. The van der Waals surface area contributed by atoms with Crippen molar-refractivity contribution in [1.82, 2.24) is 10.6 Å². The average molecular weight is 290 g/mol. The number of carbonyl (C=O) groups excluding carboxylic acids is 1. The molecule has 1 aliphatic heterocycles. The molecular weight excluding hydrogens is 260 g/mol. The van der Waals surface area contributed by atoms with E-state index in [0.717, 1.165) is 31.8 Å². The lowest BCUT2D eigenvalue weighted by molar-refractivity contribution is -0.156.